The van der Waals surface area contributed by atoms with E-state index in [4.69, 9.17) is 0 Å². The van der Waals surface area contributed by atoms with Crippen LogP contribution in [0.5, 0.6) is 0 Å². The van der Waals surface area contributed by atoms with E-state index < -0.39 is 0 Å². The molecule has 1 heterocycles. The third-order valence-corrected chi connectivity index (χ3v) is 5.42. The second-order valence-electron chi connectivity index (χ2n) is 4.37. The molecule has 0 N–H and O–H groups in total. The van der Waals surface area contributed by atoms with Gasteiger partial charge in [0.25, 0.3) is 0 Å². The zero-order valence-electron chi connectivity index (χ0n) is 7.89. The first-order valence-electron chi connectivity index (χ1n) is 4.76. The molecule has 0 aromatic rings. The zero-order valence-corrected chi connectivity index (χ0v) is 11.1. The van der Waals surface area contributed by atoms with Crippen LogP contribution >= 0.6 is 31.9 Å². The maximum absolute atomic E-state index is 3.96. The van der Waals surface area contributed by atoms with Gasteiger partial charge in [0.15, 0.2) is 0 Å². The van der Waals surface area contributed by atoms with Gasteiger partial charge in [0.2, 0.25) is 0 Å². The van der Waals surface area contributed by atoms with Crippen molar-refractivity contribution in [2.75, 3.05) is 19.6 Å². The average molecular weight is 309 g/mol. The van der Waals surface area contributed by atoms with Gasteiger partial charge in [-0.05, 0) is 25.8 Å². The van der Waals surface area contributed by atoms with Crippen molar-refractivity contribution in [1.29, 1.82) is 0 Å². The van der Waals surface area contributed by atoms with Crippen LogP contribution in [-0.4, -0.2) is 27.8 Å². The quantitative estimate of drug-likeness (QED) is 0.560. The van der Waals surface area contributed by atoms with Crippen LogP contribution in [-0.2, 0) is 0 Å². The number of fused-ring (bicyclic) bond motifs is 1. The van der Waals surface area contributed by atoms with Gasteiger partial charge in [0.05, 0.1) is 3.23 Å². The summed E-state index contributed by atoms with van der Waals surface area (Å²) < 4.78 is 0.268. The Morgan fingerprint density at radius 3 is 2.77 bits per heavy atom. The van der Waals surface area contributed by atoms with Crippen molar-refractivity contribution in [1.82, 2.24) is 4.90 Å². The molecule has 1 aliphatic carbocycles. The Bertz CT molecular complexity index is 237. The average Bonchev–Trinajstić information content (AvgIpc) is 2.53. The first-order chi connectivity index (χ1) is 6.01. The SMILES string of the molecule is C=C(C)CN1CC[C@H]2[C@@H](C1)C2(Br)Br. The monoisotopic (exact) mass is 307 g/mol. The minimum atomic E-state index is 0.268. The van der Waals surface area contributed by atoms with Crippen LogP contribution in [0.1, 0.15) is 13.3 Å². The van der Waals surface area contributed by atoms with Gasteiger partial charge >= 0.3 is 0 Å². The molecule has 13 heavy (non-hydrogen) atoms. The van der Waals surface area contributed by atoms with E-state index in [1.807, 2.05) is 0 Å². The van der Waals surface area contributed by atoms with Crippen LogP contribution in [0.4, 0.5) is 0 Å². The third-order valence-electron chi connectivity index (χ3n) is 3.07. The number of likely N-dealkylation sites (tertiary alicyclic amines) is 1. The number of hydrogen-bond donors (Lipinski definition) is 0. The van der Waals surface area contributed by atoms with E-state index in [1.54, 1.807) is 0 Å². The summed E-state index contributed by atoms with van der Waals surface area (Å²) in [7, 11) is 0. The predicted octanol–water partition coefficient (Wildman–Crippen LogP) is 3.00. The molecule has 3 heteroatoms. The summed E-state index contributed by atoms with van der Waals surface area (Å²) in [5.41, 5.74) is 1.27. The molecule has 1 aliphatic heterocycles. The Labute approximate surface area is 96.8 Å². The van der Waals surface area contributed by atoms with E-state index in [-0.39, 0.29) is 3.23 Å². The predicted molar refractivity (Wildman–Crippen MR) is 63.4 cm³/mol. The second kappa shape index (κ2) is 3.35. The Morgan fingerprint density at radius 1 is 1.54 bits per heavy atom. The number of hydrogen-bond acceptors (Lipinski definition) is 1. The molecular formula is C10H15Br2N. The van der Waals surface area contributed by atoms with Crippen molar-refractivity contribution in [3.05, 3.63) is 12.2 Å². The standard InChI is InChI=1S/C10H15Br2N/c1-7(2)5-13-4-3-8-9(6-13)10(8,11)12/h8-9H,1,3-6H2,2H3/t8-,9+/m0/s1. The largest absolute Gasteiger partial charge is 0.299 e. The third kappa shape index (κ3) is 1.88. The molecule has 0 bridgehead atoms. The first kappa shape index (κ1) is 10.2. The van der Waals surface area contributed by atoms with Gasteiger partial charge in [-0.1, -0.05) is 44.0 Å². The molecule has 0 aromatic carbocycles. The summed E-state index contributed by atoms with van der Waals surface area (Å²) in [6, 6.07) is 0. The normalized spacial score (nSPS) is 36.8. The Balaban J connectivity index is 1.90. The van der Waals surface area contributed by atoms with Crippen molar-refractivity contribution < 1.29 is 0 Å². The van der Waals surface area contributed by atoms with Gasteiger partial charge in [0.1, 0.15) is 0 Å². The highest BCUT2D eigenvalue weighted by Gasteiger charge is 2.62. The summed E-state index contributed by atoms with van der Waals surface area (Å²) in [6.45, 7) is 9.58. The molecule has 2 atom stereocenters. The minimum absolute atomic E-state index is 0.268. The van der Waals surface area contributed by atoms with Gasteiger partial charge in [0, 0.05) is 19.0 Å². The Kier molecular flexibility index (Phi) is 2.63. The van der Waals surface area contributed by atoms with Gasteiger partial charge in [-0.3, -0.25) is 4.90 Å². The lowest BCUT2D eigenvalue weighted by atomic mass is 10.1. The van der Waals surface area contributed by atoms with Crippen LogP contribution in [0.3, 0.4) is 0 Å². The van der Waals surface area contributed by atoms with Crippen molar-refractivity contribution in [3.8, 4) is 0 Å². The lowest BCUT2D eigenvalue weighted by Gasteiger charge is -2.25. The molecule has 1 saturated heterocycles. The number of nitrogens with zero attached hydrogens (tertiary/aromatic N) is 1. The smallest absolute Gasteiger partial charge is 0.0881 e. The van der Waals surface area contributed by atoms with Crippen LogP contribution < -0.4 is 0 Å². The maximum atomic E-state index is 3.96. The number of alkyl halides is 2. The topological polar surface area (TPSA) is 3.24 Å². The lowest BCUT2D eigenvalue weighted by Crippen LogP contribution is -2.32. The van der Waals surface area contributed by atoms with Crippen LogP contribution in [0.15, 0.2) is 12.2 Å². The molecule has 0 radical (unpaired) electrons. The van der Waals surface area contributed by atoms with E-state index >= 15 is 0 Å². The van der Waals surface area contributed by atoms with Crippen LogP contribution in [0, 0.1) is 11.8 Å². The molecule has 2 rings (SSSR count). The molecule has 0 amide bonds. The minimum Gasteiger partial charge on any atom is -0.299 e. The summed E-state index contributed by atoms with van der Waals surface area (Å²) >= 11 is 7.48. The summed E-state index contributed by atoms with van der Waals surface area (Å²) in [6.07, 6.45) is 1.31. The zero-order chi connectivity index (χ0) is 9.64. The van der Waals surface area contributed by atoms with Gasteiger partial charge in [-0.2, -0.15) is 0 Å². The molecule has 74 valence electrons. The van der Waals surface area contributed by atoms with Crippen molar-refractivity contribution in [2.24, 2.45) is 11.8 Å². The fourth-order valence-corrected chi connectivity index (χ4v) is 4.08. The number of rotatable bonds is 2. The van der Waals surface area contributed by atoms with E-state index in [1.165, 1.54) is 25.1 Å². The highest BCUT2D eigenvalue weighted by Crippen LogP contribution is 2.64. The van der Waals surface area contributed by atoms with E-state index in [9.17, 15) is 0 Å². The number of piperidine rings is 1. The van der Waals surface area contributed by atoms with Gasteiger partial charge in [-0.25, -0.2) is 0 Å². The summed E-state index contributed by atoms with van der Waals surface area (Å²) in [4.78, 5) is 2.51. The summed E-state index contributed by atoms with van der Waals surface area (Å²) in [5.74, 6) is 1.66. The second-order valence-corrected chi connectivity index (χ2v) is 8.06. The van der Waals surface area contributed by atoms with Crippen LogP contribution in [0.25, 0.3) is 0 Å². The highest BCUT2D eigenvalue weighted by molar-refractivity contribution is 9.25. The Morgan fingerprint density at radius 2 is 2.23 bits per heavy atom. The highest BCUT2D eigenvalue weighted by atomic mass is 79.9. The van der Waals surface area contributed by atoms with Gasteiger partial charge in [-0.15, -0.1) is 0 Å². The first-order valence-corrected chi connectivity index (χ1v) is 6.35. The van der Waals surface area contributed by atoms with Crippen molar-refractivity contribution >= 4 is 31.9 Å². The maximum Gasteiger partial charge on any atom is 0.0881 e. The van der Waals surface area contributed by atoms with E-state index in [0.717, 1.165) is 18.4 Å². The molecule has 1 saturated carbocycles. The Hall–Kier alpha value is 0.660. The fraction of sp³-hybridized carbons (Fsp3) is 0.800. The lowest BCUT2D eigenvalue weighted by molar-refractivity contribution is 0.237. The van der Waals surface area contributed by atoms with Crippen molar-refractivity contribution in [2.45, 2.75) is 16.6 Å². The molecule has 0 aromatic heterocycles. The number of halogens is 2. The van der Waals surface area contributed by atoms with Gasteiger partial charge < -0.3 is 0 Å². The molecule has 2 fully saturated rings. The molecule has 0 unspecified atom stereocenters. The summed E-state index contributed by atoms with van der Waals surface area (Å²) in [5, 5.41) is 0. The molecular weight excluding hydrogens is 294 g/mol. The van der Waals surface area contributed by atoms with E-state index in [2.05, 4.69) is 50.3 Å². The van der Waals surface area contributed by atoms with Crippen molar-refractivity contribution in [3.63, 3.8) is 0 Å². The molecule has 2 aliphatic rings. The molecule has 1 nitrogen and oxygen atoms in total. The van der Waals surface area contributed by atoms with Crippen LogP contribution in [0.2, 0.25) is 0 Å². The van der Waals surface area contributed by atoms with E-state index in [0.29, 0.717) is 0 Å². The molecule has 0 spiro atoms. The fourth-order valence-electron chi connectivity index (χ4n) is 2.32.